The summed E-state index contributed by atoms with van der Waals surface area (Å²) in [7, 11) is 0. The maximum absolute atomic E-state index is 10.5. The Kier molecular flexibility index (Phi) is 24.7. The zero-order valence-electron chi connectivity index (χ0n) is 18.4. The topological polar surface area (TPSA) is 171 Å². The quantitative estimate of drug-likeness (QED) is 0.203. The maximum Gasteiger partial charge on any atom is 0.368 e. The third kappa shape index (κ3) is 23.5. The van der Waals surface area contributed by atoms with Crippen LogP contribution in [0.2, 0.25) is 0 Å². The van der Waals surface area contributed by atoms with Gasteiger partial charge in [-0.1, -0.05) is 26.7 Å². The van der Waals surface area contributed by atoms with Gasteiger partial charge in [-0.3, -0.25) is 4.89 Å². The average Bonchev–Trinajstić information content (AvgIpc) is 2.69. The number of hydrogen-bond acceptors (Lipinski definition) is 8. The summed E-state index contributed by atoms with van der Waals surface area (Å²) in [5.41, 5.74) is 0.0217. The number of aliphatic carboxylic acids is 2. The lowest BCUT2D eigenvalue weighted by Gasteiger charge is -2.24. The second-order valence-electron chi connectivity index (χ2n) is 6.06. The molecule has 0 saturated heterocycles. The van der Waals surface area contributed by atoms with Crippen LogP contribution < -0.4 is 0 Å². The van der Waals surface area contributed by atoms with E-state index < -0.39 is 23.3 Å². The van der Waals surface area contributed by atoms with Gasteiger partial charge in [0.15, 0.2) is 0 Å². The van der Waals surface area contributed by atoms with E-state index in [1.807, 2.05) is 6.92 Å². The van der Waals surface area contributed by atoms with Crippen molar-refractivity contribution >= 4 is 17.9 Å². The highest BCUT2D eigenvalue weighted by Gasteiger charge is 2.24. The van der Waals surface area contributed by atoms with Crippen LogP contribution in [0.4, 0.5) is 0 Å². The standard InChI is InChI=1S/C6H10O3.C6H14O3.2C4H6O2/c1-4-8-9-6(7)5(2)3;1-2-6(3-7,4-8)5-9;2*1-3(2)4(5)6/h2,4H2,1,3H3;7-9H,2-5H2,1H3;2*1H2,2H3,(H,5,6). The van der Waals surface area contributed by atoms with E-state index in [0.717, 1.165) is 0 Å². The van der Waals surface area contributed by atoms with Crippen LogP contribution in [-0.4, -0.2) is 69.9 Å². The number of carbonyl (C=O) groups is 3. The second-order valence-corrected chi connectivity index (χ2v) is 6.06. The maximum atomic E-state index is 10.5. The molecule has 0 aromatic rings. The van der Waals surface area contributed by atoms with Gasteiger partial charge >= 0.3 is 17.9 Å². The van der Waals surface area contributed by atoms with Gasteiger partial charge in [-0.2, -0.15) is 4.89 Å². The predicted octanol–water partition coefficient (Wildman–Crippen LogP) is 1.71. The molecule has 0 atom stereocenters. The largest absolute Gasteiger partial charge is 0.478 e. The molecule has 0 aliphatic carbocycles. The molecule has 0 unspecified atom stereocenters. The molecule has 0 rings (SSSR count). The molecule has 10 nitrogen and oxygen atoms in total. The summed E-state index contributed by atoms with van der Waals surface area (Å²) in [6.45, 7) is 17.6. The van der Waals surface area contributed by atoms with Crippen LogP contribution in [0.25, 0.3) is 0 Å². The SMILES string of the molecule is C=C(C)C(=O)O.C=C(C)C(=O)O.C=C(C)C(=O)OOCC.CCC(CO)(CO)CO. The van der Waals surface area contributed by atoms with E-state index in [0.29, 0.717) is 18.6 Å². The van der Waals surface area contributed by atoms with Gasteiger partial charge in [-0.15, -0.1) is 0 Å². The molecule has 0 aromatic carbocycles. The molecule has 0 aromatic heterocycles. The first-order valence-electron chi connectivity index (χ1n) is 8.81. The number of carboxylic acid groups (broad SMARTS) is 2. The first-order chi connectivity index (χ1) is 13.7. The van der Waals surface area contributed by atoms with Gasteiger partial charge in [0.25, 0.3) is 0 Å². The van der Waals surface area contributed by atoms with Crippen molar-refractivity contribution in [3.8, 4) is 0 Å². The van der Waals surface area contributed by atoms with Gasteiger partial charge < -0.3 is 25.5 Å². The zero-order valence-corrected chi connectivity index (χ0v) is 18.4. The number of carbonyl (C=O) groups excluding carboxylic acids is 1. The van der Waals surface area contributed by atoms with Crippen LogP contribution in [0, 0.1) is 5.41 Å². The molecular weight excluding hydrogens is 400 g/mol. The Balaban J connectivity index is -0.000000153. The molecule has 0 fully saturated rings. The van der Waals surface area contributed by atoms with Crippen molar-refractivity contribution in [2.75, 3.05) is 26.4 Å². The van der Waals surface area contributed by atoms with Gasteiger partial charge in [0.1, 0.15) is 0 Å². The normalized spacial score (nSPS) is 9.20. The second kappa shape index (κ2) is 21.2. The van der Waals surface area contributed by atoms with Gasteiger partial charge in [-0.05, 0) is 34.1 Å². The molecule has 30 heavy (non-hydrogen) atoms. The van der Waals surface area contributed by atoms with Crippen LogP contribution in [0.1, 0.15) is 41.0 Å². The van der Waals surface area contributed by atoms with Crippen molar-refractivity contribution in [3.63, 3.8) is 0 Å². The molecule has 0 bridgehead atoms. The lowest BCUT2D eigenvalue weighted by Crippen LogP contribution is -2.32. The Morgan fingerprint density at radius 3 is 1.17 bits per heavy atom. The molecule has 5 N–H and O–H groups in total. The van der Waals surface area contributed by atoms with Gasteiger partial charge in [-0.25, -0.2) is 14.4 Å². The summed E-state index contributed by atoms with van der Waals surface area (Å²) in [5.74, 6) is -2.39. The van der Waals surface area contributed by atoms with Crippen LogP contribution in [0.3, 0.4) is 0 Å². The first-order valence-corrected chi connectivity index (χ1v) is 8.81. The fraction of sp³-hybridized carbons (Fsp3) is 0.550. The van der Waals surface area contributed by atoms with E-state index in [2.05, 4.69) is 29.5 Å². The Bertz CT molecular complexity index is 482. The summed E-state index contributed by atoms with van der Waals surface area (Å²) in [4.78, 5) is 38.2. The van der Waals surface area contributed by atoms with Crippen molar-refractivity contribution in [1.29, 1.82) is 0 Å². The van der Waals surface area contributed by atoms with E-state index >= 15 is 0 Å². The van der Waals surface area contributed by atoms with E-state index in [1.165, 1.54) is 13.8 Å². The van der Waals surface area contributed by atoms with Crippen molar-refractivity contribution < 1.29 is 49.7 Å². The minimum atomic E-state index is -0.935. The zero-order chi connectivity index (χ0) is 24.9. The third-order valence-electron chi connectivity index (χ3n) is 3.09. The molecular formula is C20H36O10. The van der Waals surface area contributed by atoms with Crippen LogP contribution in [-0.2, 0) is 24.2 Å². The van der Waals surface area contributed by atoms with Gasteiger partial charge in [0.05, 0.1) is 26.4 Å². The van der Waals surface area contributed by atoms with E-state index in [-0.39, 0.29) is 31.0 Å². The molecule has 0 heterocycles. The highest BCUT2D eigenvalue weighted by Crippen LogP contribution is 2.18. The number of aliphatic hydroxyl groups is 3. The minimum absolute atomic E-state index is 0.156. The summed E-state index contributed by atoms with van der Waals surface area (Å²) in [6.07, 6.45) is 0.594. The summed E-state index contributed by atoms with van der Waals surface area (Å²) in [6, 6.07) is 0. The van der Waals surface area contributed by atoms with Crippen LogP contribution in [0.15, 0.2) is 36.5 Å². The first kappa shape index (κ1) is 34.9. The Morgan fingerprint density at radius 1 is 0.767 bits per heavy atom. The summed E-state index contributed by atoms with van der Waals surface area (Å²) < 4.78 is 0. The minimum Gasteiger partial charge on any atom is -0.478 e. The highest BCUT2D eigenvalue weighted by molar-refractivity contribution is 5.86. The molecule has 0 spiro atoms. The van der Waals surface area contributed by atoms with Crippen molar-refractivity contribution in [2.45, 2.75) is 41.0 Å². The van der Waals surface area contributed by atoms with Crippen molar-refractivity contribution in [2.24, 2.45) is 5.41 Å². The van der Waals surface area contributed by atoms with Gasteiger partial charge in [0, 0.05) is 22.1 Å². The molecule has 0 saturated carbocycles. The van der Waals surface area contributed by atoms with E-state index in [1.54, 1.807) is 13.8 Å². The number of hydrogen-bond donors (Lipinski definition) is 5. The smallest absolute Gasteiger partial charge is 0.368 e. The van der Waals surface area contributed by atoms with E-state index in [9.17, 15) is 14.4 Å². The molecule has 0 amide bonds. The Morgan fingerprint density at radius 2 is 1.07 bits per heavy atom. The number of aliphatic hydroxyl groups excluding tert-OH is 3. The molecule has 0 radical (unpaired) electrons. The monoisotopic (exact) mass is 436 g/mol. The van der Waals surface area contributed by atoms with Crippen molar-refractivity contribution in [1.82, 2.24) is 0 Å². The van der Waals surface area contributed by atoms with Crippen molar-refractivity contribution in [3.05, 3.63) is 36.5 Å². The summed E-state index contributed by atoms with van der Waals surface area (Å²) >= 11 is 0. The van der Waals surface area contributed by atoms with Gasteiger partial charge in [0.2, 0.25) is 0 Å². The number of carboxylic acids is 2. The lowest BCUT2D eigenvalue weighted by atomic mass is 9.88. The van der Waals surface area contributed by atoms with E-state index in [4.69, 9.17) is 25.5 Å². The molecule has 0 aliphatic rings. The predicted molar refractivity (Wildman–Crippen MR) is 111 cm³/mol. The molecule has 0 aliphatic heterocycles. The Hall–Kier alpha value is -2.53. The third-order valence-corrected chi connectivity index (χ3v) is 3.09. The summed E-state index contributed by atoms with van der Waals surface area (Å²) in [5, 5.41) is 41.8. The Labute approximate surface area is 177 Å². The molecule has 10 heteroatoms. The fourth-order valence-corrected chi connectivity index (χ4v) is 0.669. The highest BCUT2D eigenvalue weighted by atomic mass is 17.2. The lowest BCUT2D eigenvalue weighted by molar-refractivity contribution is -0.265. The average molecular weight is 436 g/mol. The van der Waals surface area contributed by atoms with Crippen LogP contribution >= 0.6 is 0 Å². The van der Waals surface area contributed by atoms with Crippen LogP contribution in [0.5, 0.6) is 0 Å². The fourth-order valence-electron chi connectivity index (χ4n) is 0.669. The molecule has 176 valence electrons. The number of rotatable bonds is 9.